The lowest BCUT2D eigenvalue weighted by Gasteiger charge is -2.21. The Hall–Kier alpha value is -1.62. The first-order valence-electron chi connectivity index (χ1n) is 8.06. The van der Waals surface area contributed by atoms with E-state index in [1.54, 1.807) is 7.11 Å². The molecule has 4 nitrogen and oxygen atoms in total. The maximum Gasteiger partial charge on any atom is 0.193 e. The Kier molecular flexibility index (Phi) is 7.33. The molecule has 23 heavy (non-hydrogen) atoms. The zero-order chi connectivity index (χ0) is 16.5. The van der Waals surface area contributed by atoms with Crippen LogP contribution in [0.25, 0.3) is 0 Å². The van der Waals surface area contributed by atoms with Crippen LogP contribution in [-0.2, 0) is 0 Å². The van der Waals surface area contributed by atoms with E-state index < -0.39 is 0 Å². The zero-order valence-electron chi connectivity index (χ0n) is 14.1. The summed E-state index contributed by atoms with van der Waals surface area (Å²) >= 11 is 1.88. The van der Waals surface area contributed by atoms with E-state index in [2.05, 4.69) is 33.9 Å². The predicted molar refractivity (Wildman–Crippen MR) is 101 cm³/mol. The van der Waals surface area contributed by atoms with Crippen molar-refractivity contribution in [2.24, 2.45) is 4.99 Å². The number of methoxy groups -OCH3 is 1. The fourth-order valence-electron chi connectivity index (χ4n) is 2.83. The van der Waals surface area contributed by atoms with Crippen LogP contribution in [0.15, 0.2) is 41.9 Å². The molecule has 5 heteroatoms. The Morgan fingerprint density at radius 1 is 1.48 bits per heavy atom. The summed E-state index contributed by atoms with van der Waals surface area (Å²) in [5, 5.41) is 3.46. The normalized spacial score (nSPS) is 18.1. The molecule has 0 amide bonds. The molecule has 126 valence electrons. The fraction of sp³-hybridized carbons (Fsp3) is 0.500. The third-order valence-electron chi connectivity index (χ3n) is 4.05. The van der Waals surface area contributed by atoms with Gasteiger partial charge in [0.2, 0.25) is 0 Å². The molecule has 1 fully saturated rings. The Morgan fingerprint density at radius 2 is 2.26 bits per heavy atom. The standard InChI is InChI=1S/C18H27N3OS/c1-4-12-23-13-10-20-18(19-2)21-11-9-16(14-21)15-5-7-17(22-3)8-6-15/h4-8,16H,1,9-14H2,2-3H3,(H,19,20). The molecule has 1 aromatic carbocycles. The SMILES string of the molecule is C=CCSCCNC(=NC)N1CCC(c2ccc(OC)cc2)C1. The van der Waals surface area contributed by atoms with Crippen molar-refractivity contribution < 1.29 is 4.74 Å². The van der Waals surface area contributed by atoms with Gasteiger partial charge in [-0.25, -0.2) is 0 Å². The average molecular weight is 334 g/mol. The first kappa shape index (κ1) is 17.7. The average Bonchev–Trinajstić information content (AvgIpc) is 3.08. The minimum Gasteiger partial charge on any atom is -0.497 e. The van der Waals surface area contributed by atoms with Crippen LogP contribution in [0.5, 0.6) is 5.75 Å². The van der Waals surface area contributed by atoms with Gasteiger partial charge in [-0.1, -0.05) is 18.2 Å². The number of likely N-dealkylation sites (tertiary alicyclic amines) is 1. The van der Waals surface area contributed by atoms with Crippen LogP contribution < -0.4 is 10.1 Å². The van der Waals surface area contributed by atoms with Gasteiger partial charge in [-0.15, -0.1) is 6.58 Å². The summed E-state index contributed by atoms with van der Waals surface area (Å²) in [6.45, 7) is 6.75. The van der Waals surface area contributed by atoms with Crippen LogP contribution in [0.2, 0.25) is 0 Å². The van der Waals surface area contributed by atoms with Crippen molar-refractivity contribution in [2.75, 3.05) is 45.3 Å². The van der Waals surface area contributed by atoms with Crippen molar-refractivity contribution in [3.8, 4) is 5.75 Å². The second-order valence-electron chi connectivity index (χ2n) is 5.54. The smallest absolute Gasteiger partial charge is 0.193 e. The number of nitrogens with zero attached hydrogens (tertiary/aromatic N) is 2. The highest BCUT2D eigenvalue weighted by molar-refractivity contribution is 7.99. The zero-order valence-corrected chi connectivity index (χ0v) is 14.9. The van der Waals surface area contributed by atoms with Crippen LogP contribution in [0, 0.1) is 0 Å². The van der Waals surface area contributed by atoms with Gasteiger partial charge in [0.25, 0.3) is 0 Å². The monoisotopic (exact) mass is 333 g/mol. The van der Waals surface area contributed by atoms with E-state index in [4.69, 9.17) is 4.74 Å². The summed E-state index contributed by atoms with van der Waals surface area (Å²) in [6, 6.07) is 8.44. The molecule has 1 aromatic rings. The third kappa shape index (κ3) is 5.20. The lowest BCUT2D eigenvalue weighted by molar-refractivity contribution is 0.414. The third-order valence-corrected chi connectivity index (χ3v) is 5.02. The summed E-state index contributed by atoms with van der Waals surface area (Å²) in [7, 11) is 3.56. The number of nitrogens with one attached hydrogen (secondary N) is 1. The van der Waals surface area contributed by atoms with Crippen molar-refractivity contribution in [1.82, 2.24) is 10.2 Å². The molecule has 0 spiro atoms. The number of ether oxygens (including phenoxy) is 1. The predicted octanol–water partition coefficient (Wildman–Crippen LogP) is 2.98. The summed E-state index contributed by atoms with van der Waals surface area (Å²) in [6.07, 6.45) is 3.11. The van der Waals surface area contributed by atoms with Crippen molar-refractivity contribution in [2.45, 2.75) is 12.3 Å². The van der Waals surface area contributed by atoms with E-state index in [1.807, 2.05) is 37.0 Å². The molecule has 0 aliphatic carbocycles. The lowest BCUT2D eigenvalue weighted by Crippen LogP contribution is -2.40. The molecule has 1 unspecified atom stereocenters. The molecule has 1 N–H and O–H groups in total. The van der Waals surface area contributed by atoms with Crippen LogP contribution >= 0.6 is 11.8 Å². The van der Waals surface area contributed by atoms with E-state index in [1.165, 1.54) is 5.56 Å². The number of guanidine groups is 1. The lowest BCUT2D eigenvalue weighted by atomic mass is 9.98. The van der Waals surface area contributed by atoms with Gasteiger partial charge in [0.05, 0.1) is 7.11 Å². The van der Waals surface area contributed by atoms with Gasteiger partial charge in [-0.05, 0) is 24.1 Å². The first-order chi connectivity index (χ1) is 11.3. The maximum atomic E-state index is 5.23. The first-order valence-corrected chi connectivity index (χ1v) is 9.22. The van der Waals surface area contributed by atoms with Crippen molar-refractivity contribution >= 4 is 17.7 Å². The number of rotatable bonds is 7. The van der Waals surface area contributed by atoms with Gasteiger partial charge < -0.3 is 15.0 Å². The number of aliphatic imine (C=N–C) groups is 1. The van der Waals surface area contributed by atoms with Crippen molar-refractivity contribution in [1.29, 1.82) is 0 Å². The van der Waals surface area contributed by atoms with E-state index in [0.717, 1.165) is 49.3 Å². The van der Waals surface area contributed by atoms with E-state index in [0.29, 0.717) is 5.92 Å². The largest absolute Gasteiger partial charge is 0.497 e. The highest BCUT2D eigenvalue weighted by atomic mass is 32.2. The molecule has 0 radical (unpaired) electrons. The second kappa shape index (κ2) is 9.50. The van der Waals surface area contributed by atoms with Crippen molar-refractivity contribution in [3.63, 3.8) is 0 Å². The highest BCUT2D eigenvalue weighted by Crippen LogP contribution is 2.28. The number of hydrogen-bond donors (Lipinski definition) is 1. The van der Waals surface area contributed by atoms with Crippen LogP contribution in [0.1, 0.15) is 17.9 Å². The van der Waals surface area contributed by atoms with Gasteiger partial charge in [0.15, 0.2) is 5.96 Å². The minimum absolute atomic E-state index is 0.564. The molecular weight excluding hydrogens is 306 g/mol. The Morgan fingerprint density at radius 3 is 2.91 bits per heavy atom. The van der Waals surface area contributed by atoms with Crippen LogP contribution in [0.3, 0.4) is 0 Å². The Balaban J connectivity index is 1.83. The molecule has 1 saturated heterocycles. The molecule has 0 saturated carbocycles. The van der Waals surface area contributed by atoms with E-state index in [9.17, 15) is 0 Å². The molecule has 1 aliphatic heterocycles. The summed E-state index contributed by atoms with van der Waals surface area (Å²) in [4.78, 5) is 6.78. The summed E-state index contributed by atoms with van der Waals surface area (Å²) in [5.41, 5.74) is 1.38. The molecule has 1 heterocycles. The molecule has 2 rings (SSSR count). The molecular formula is C18H27N3OS. The van der Waals surface area contributed by atoms with Crippen LogP contribution in [-0.4, -0.2) is 56.2 Å². The van der Waals surface area contributed by atoms with E-state index >= 15 is 0 Å². The maximum absolute atomic E-state index is 5.23. The van der Waals surface area contributed by atoms with Gasteiger partial charge in [0.1, 0.15) is 5.75 Å². The summed E-state index contributed by atoms with van der Waals surface area (Å²) in [5.74, 6) is 4.57. The highest BCUT2D eigenvalue weighted by Gasteiger charge is 2.25. The number of benzene rings is 1. The van der Waals surface area contributed by atoms with Crippen molar-refractivity contribution in [3.05, 3.63) is 42.5 Å². The number of thioether (sulfide) groups is 1. The second-order valence-corrected chi connectivity index (χ2v) is 6.69. The Labute approximate surface area is 144 Å². The number of hydrogen-bond acceptors (Lipinski definition) is 3. The van der Waals surface area contributed by atoms with Gasteiger partial charge >= 0.3 is 0 Å². The quantitative estimate of drug-likeness (QED) is 0.360. The molecule has 1 atom stereocenters. The molecule has 1 aliphatic rings. The topological polar surface area (TPSA) is 36.9 Å². The molecule has 0 bridgehead atoms. The fourth-order valence-corrected chi connectivity index (χ4v) is 3.41. The van der Waals surface area contributed by atoms with E-state index in [-0.39, 0.29) is 0 Å². The minimum atomic E-state index is 0.564. The Bertz CT molecular complexity index is 516. The van der Waals surface area contributed by atoms with Gasteiger partial charge in [-0.2, -0.15) is 11.8 Å². The summed E-state index contributed by atoms with van der Waals surface area (Å²) < 4.78 is 5.23. The molecule has 0 aromatic heterocycles. The van der Waals surface area contributed by atoms with Gasteiger partial charge in [-0.3, -0.25) is 4.99 Å². The van der Waals surface area contributed by atoms with Crippen LogP contribution in [0.4, 0.5) is 0 Å². The van der Waals surface area contributed by atoms with Gasteiger partial charge in [0, 0.05) is 44.1 Å².